The predicted molar refractivity (Wildman–Crippen MR) is 340 cm³/mol. The van der Waals surface area contributed by atoms with Gasteiger partial charge >= 0.3 is 12.2 Å². The lowest BCUT2D eigenvalue weighted by Crippen LogP contribution is -2.58. The summed E-state index contributed by atoms with van der Waals surface area (Å²) in [6.07, 6.45) is 0.335. The van der Waals surface area contributed by atoms with Gasteiger partial charge in [-0.15, -0.1) is 0 Å². The zero-order valence-electron chi connectivity index (χ0n) is 55.0. The Morgan fingerprint density at radius 1 is 0.633 bits per heavy atom. The highest BCUT2D eigenvalue weighted by Crippen LogP contribution is 2.47. The number of ether oxygens (including phenoxy) is 10. The quantitative estimate of drug-likeness (QED) is 0.0406. The minimum absolute atomic E-state index is 0.0113. The van der Waals surface area contributed by atoms with Gasteiger partial charge in [0.2, 0.25) is 5.91 Å². The molecule has 0 unspecified atom stereocenters. The molecule has 492 valence electrons. The summed E-state index contributed by atoms with van der Waals surface area (Å²) in [6.45, 7) is 28.1. The van der Waals surface area contributed by atoms with Gasteiger partial charge in [-0.05, 0) is 128 Å². The Labute approximate surface area is 530 Å². The number of amides is 5. The lowest BCUT2D eigenvalue weighted by Gasteiger charge is -2.44. The summed E-state index contributed by atoms with van der Waals surface area (Å²) in [6, 6.07) is 10.2. The van der Waals surface area contributed by atoms with E-state index in [1.54, 1.807) is 70.8 Å². The third-order valence-corrected chi connectivity index (χ3v) is 19.8. The number of anilines is 2. The molecule has 90 heavy (non-hydrogen) atoms. The second-order valence-electron chi connectivity index (χ2n) is 26.0. The molecule has 0 saturated heterocycles. The van der Waals surface area contributed by atoms with Gasteiger partial charge in [0.15, 0.2) is 43.8 Å². The summed E-state index contributed by atoms with van der Waals surface area (Å²) < 4.78 is 66.0. The van der Waals surface area contributed by atoms with Gasteiger partial charge in [0.25, 0.3) is 11.8 Å². The Morgan fingerprint density at radius 3 is 1.57 bits per heavy atom. The van der Waals surface area contributed by atoms with Crippen molar-refractivity contribution < 1.29 is 80.9 Å². The third kappa shape index (κ3) is 18.1. The second kappa shape index (κ2) is 30.3. The SMILES string of the molecule is COc1cc2c(cc1OCc1cc(C#CCNC(=O)CCOCCOCCOCCOCCN)cc(COc3cc4c(cc3OC)C(=O)N3C=C(C)C[C@H]3[C@H](O[Si](C)(C)C(C)(C)C)N4C(=O)OC(C)(C)C)c1)N(C(=O)OC(C)(C)C)[C@@H](O)[C@@H]1CC(C)=CN1C2=O. The third-order valence-electron chi connectivity index (χ3n) is 15.4. The van der Waals surface area contributed by atoms with Gasteiger partial charge in [-0.25, -0.2) is 19.4 Å². The first kappa shape index (κ1) is 70.2. The van der Waals surface area contributed by atoms with Crippen LogP contribution in [0.5, 0.6) is 23.0 Å². The van der Waals surface area contributed by atoms with Crippen molar-refractivity contribution in [3.05, 3.63) is 93.8 Å². The van der Waals surface area contributed by atoms with Crippen molar-refractivity contribution in [1.82, 2.24) is 15.1 Å². The number of aliphatic hydroxyl groups is 1. The van der Waals surface area contributed by atoms with Crippen molar-refractivity contribution >= 4 is 49.6 Å². The molecule has 0 fully saturated rings. The Bertz CT molecular complexity index is 3210. The van der Waals surface area contributed by atoms with E-state index in [1.807, 2.05) is 32.2 Å². The molecule has 24 heteroatoms. The normalized spacial score (nSPS) is 18.2. The molecule has 0 aromatic heterocycles. The highest BCUT2D eigenvalue weighted by Gasteiger charge is 2.51. The molecule has 4 atom stereocenters. The molecular formula is C66H92N6O17Si. The van der Waals surface area contributed by atoms with Gasteiger partial charge < -0.3 is 77.8 Å². The number of fused-ring (bicyclic) bond motifs is 4. The van der Waals surface area contributed by atoms with Gasteiger partial charge in [0.1, 0.15) is 24.4 Å². The van der Waals surface area contributed by atoms with Crippen LogP contribution in [-0.4, -0.2) is 169 Å². The number of hydrogen-bond acceptors (Lipinski definition) is 18. The number of nitrogens with one attached hydrogen (secondary N) is 1. The minimum Gasteiger partial charge on any atom is -0.493 e. The molecule has 0 radical (unpaired) electrons. The number of hydrogen-bond donors (Lipinski definition) is 3. The molecule has 0 aliphatic carbocycles. The van der Waals surface area contributed by atoms with Crippen molar-refractivity contribution in [2.24, 2.45) is 5.73 Å². The fraction of sp³-hybridized carbons (Fsp3) is 0.561. The van der Waals surface area contributed by atoms with E-state index in [0.29, 0.717) is 82.3 Å². The van der Waals surface area contributed by atoms with Crippen LogP contribution in [0.2, 0.25) is 18.1 Å². The van der Waals surface area contributed by atoms with Crippen LogP contribution in [0.3, 0.4) is 0 Å². The molecule has 4 aliphatic rings. The maximum absolute atomic E-state index is 14.8. The van der Waals surface area contributed by atoms with Crippen molar-refractivity contribution in [2.45, 2.75) is 163 Å². The molecular weight excluding hydrogens is 1180 g/mol. The van der Waals surface area contributed by atoms with Gasteiger partial charge in [0.05, 0.1) is 108 Å². The molecule has 4 N–H and O–H groups in total. The van der Waals surface area contributed by atoms with Crippen LogP contribution < -0.4 is 39.8 Å². The van der Waals surface area contributed by atoms with E-state index in [4.69, 9.17) is 57.5 Å². The minimum atomic E-state index is -2.67. The van der Waals surface area contributed by atoms with E-state index in [1.165, 1.54) is 36.2 Å². The highest BCUT2D eigenvalue weighted by atomic mass is 28.4. The van der Waals surface area contributed by atoms with E-state index < -0.39 is 62.2 Å². The van der Waals surface area contributed by atoms with E-state index in [2.05, 4.69) is 51.0 Å². The van der Waals surface area contributed by atoms with Crippen LogP contribution in [0.25, 0.3) is 0 Å². The Kier molecular flexibility index (Phi) is 23.6. The number of benzene rings is 3. The first-order chi connectivity index (χ1) is 42.4. The smallest absolute Gasteiger partial charge is 0.417 e. The molecule has 5 amide bonds. The van der Waals surface area contributed by atoms with E-state index in [9.17, 15) is 29.1 Å². The van der Waals surface area contributed by atoms with Crippen LogP contribution in [0.15, 0.2) is 66.0 Å². The van der Waals surface area contributed by atoms with Crippen molar-refractivity contribution in [3.8, 4) is 34.8 Å². The number of rotatable bonds is 25. The summed E-state index contributed by atoms with van der Waals surface area (Å²) in [5, 5.41) is 14.5. The molecule has 0 saturated carbocycles. The van der Waals surface area contributed by atoms with Crippen LogP contribution in [0, 0.1) is 11.8 Å². The van der Waals surface area contributed by atoms with Gasteiger partial charge in [-0.1, -0.05) is 43.8 Å². The molecule has 0 spiro atoms. The largest absolute Gasteiger partial charge is 0.493 e. The maximum Gasteiger partial charge on any atom is 0.417 e. The predicted octanol–water partition coefficient (Wildman–Crippen LogP) is 9.16. The van der Waals surface area contributed by atoms with Crippen LogP contribution in [0.4, 0.5) is 21.0 Å². The summed E-state index contributed by atoms with van der Waals surface area (Å²) in [7, 11) is 0.219. The van der Waals surface area contributed by atoms with Gasteiger partial charge in [-0.3, -0.25) is 14.4 Å². The van der Waals surface area contributed by atoms with Gasteiger partial charge in [0, 0.05) is 43.1 Å². The molecule has 7 rings (SSSR count). The Morgan fingerprint density at radius 2 is 1.09 bits per heavy atom. The van der Waals surface area contributed by atoms with Crippen LogP contribution >= 0.6 is 0 Å². The number of nitrogens with zero attached hydrogens (tertiary/aromatic N) is 4. The highest BCUT2D eigenvalue weighted by molar-refractivity contribution is 6.74. The van der Waals surface area contributed by atoms with E-state index in [0.717, 1.165) is 16.0 Å². The Balaban J connectivity index is 1.19. The second-order valence-corrected chi connectivity index (χ2v) is 30.8. The Hall–Kier alpha value is -7.21. The lowest BCUT2D eigenvalue weighted by atomic mass is 10.1. The number of carbonyl (C=O) groups excluding carboxylic acids is 5. The zero-order chi connectivity index (χ0) is 65.9. The van der Waals surface area contributed by atoms with Gasteiger partial charge in [-0.2, -0.15) is 0 Å². The summed E-state index contributed by atoms with van der Waals surface area (Å²) in [5.41, 5.74) is 7.58. The molecule has 0 bridgehead atoms. The summed E-state index contributed by atoms with van der Waals surface area (Å²) in [4.78, 5) is 76.5. The molecule has 4 aliphatic heterocycles. The average molecular weight is 1270 g/mol. The summed E-state index contributed by atoms with van der Waals surface area (Å²) >= 11 is 0. The standard InChI is InChI=1S/C66H92N6O17Si/c1-42-29-51-60(76)71(62(77)87-64(3,4)5)49-36-55(53(79-12)34-47(49)58(74)69(51)38-42)85-40-45-31-44(17-16-20-68-57(73)18-21-81-23-25-83-27-28-84-26-24-82-22-19-67)32-46(33-45)41-86-56-37-50-48(35-54(56)80-13)59(75)70-39-43(2)30-52(70)61(89-90(14,15)66(9,10)11)72(50)63(78)88-65(6,7)8/h31-39,51-52,60-61,76H,18-30,40-41,67H2,1-15H3,(H,68,73)/t51-,52-,60-,61-/m0/s1. The molecule has 3 aromatic rings. The number of methoxy groups -OCH3 is 2. The fourth-order valence-corrected chi connectivity index (χ4v) is 11.4. The molecule has 3 aromatic carbocycles. The van der Waals surface area contributed by atoms with Crippen LogP contribution in [-0.2, 0) is 50.9 Å². The number of aliphatic hydroxyl groups excluding tert-OH is 1. The first-order valence-corrected chi connectivity index (χ1v) is 33.3. The van der Waals surface area contributed by atoms with Crippen molar-refractivity contribution in [1.29, 1.82) is 0 Å². The lowest BCUT2D eigenvalue weighted by molar-refractivity contribution is -0.122. The van der Waals surface area contributed by atoms with Crippen molar-refractivity contribution in [2.75, 3.05) is 90.0 Å². The zero-order valence-corrected chi connectivity index (χ0v) is 56.0. The number of nitrogens with two attached hydrogens (primary N) is 1. The maximum atomic E-state index is 14.8. The fourth-order valence-electron chi connectivity index (χ4n) is 10.2. The van der Waals surface area contributed by atoms with E-state index in [-0.39, 0.29) is 95.1 Å². The first-order valence-electron chi connectivity index (χ1n) is 30.4. The average Bonchev–Trinajstić information content (AvgIpc) is 1.61. The topological polar surface area (TPSA) is 258 Å². The molecule has 23 nitrogen and oxygen atoms in total. The monoisotopic (exact) mass is 1270 g/mol. The van der Waals surface area contributed by atoms with Crippen LogP contribution in [0.1, 0.15) is 133 Å². The number of carbonyl (C=O) groups is 5. The molecule has 4 heterocycles. The van der Waals surface area contributed by atoms with E-state index >= 15 is 0 Å². The van der Waals surface area contributed by atoms with Crippen molar-refractivity contribution in [3.63, 3.8) is 0 Å². The summed E-state index contributed by atoms with van der Waals surface area (Å²) in [5.74, 6) is 5.85.